The van der Waals surface area contributed by atoms with Crippen LogP contribution in [0.5, 0.6) is 0 Å². The van der Waals surface area contributed by atoms with E-state index in [4.69, 9.17) is 0 Å². The van der Waals surface area contributed by atoms with Gasteiger partial charge in [-0.25, -0.2) is 18.1 Å². The molecular formula is C19H15N7O3S. The third-order valence-electron chi connectivity index (χ3n) is 4.68. The zero-order chi connectivity index (χ0) is 20.9. The maximum absolute atomic E-state index is 11.7. The first kappa shape index (κ1) is 18.2. The number of rotatable bonds is 4. The Balaban J connectivity index is 1.52. The highest BCUT2D eigenvalue weighted by molar-refractivity contribution is 7.89. The van der Waals surface area contributed by atoms with Gasteiger partial charge in [0.25, 0.3) is 10.0 Å². The minimum Gasteiger partial charge on any atom is -0.322 e. The average molecular weight is 421 g/mol. The number of aromatic amines is 1. The molecule has 0 fully saturated rings. The van der Waals surface area contributed by atoms with Crippen molar-refractivity contribution in [2.24, 2.45) is 0 Å². The highest BCUT2D eigenvalue weighted by Crippen LogP contribution is 2.21. The molecule has 0 aliphatic heterocycles. The molecule has 0 aliphatic carbocycles. The van der Waals surface area contributed by atoms with Crippen molar-refractivity contribution in [2.45, 2.75) is 6.54 Å². The molecule has 0 saturated carbocycles. The predicted octanol–water partition coefficient (Wildman–Crippen LogP) is 1.39. The standard InChI is InChI=1S/C19H15N7O3S/c1-30(28,29)26-11-14(9-20-26)16-5-6-17-19(22-16)25(24-23-17)10-12-2-4-15-13(8-12)3-7-18(27)21-15/h2-9,11H,10H2,1H3,(H,21,27). The smallest absolute Gasteiger partial charge is 0.250 e. The van der Waals surface area contributed by atoms with E-state index in [2.05, 4.69) is 25.4 Å². The lowest BCUT2D eigenvalue weighted by molar-refractivity contribution is 0.586. The first-order valence-electron chi connectivity index (χ1n) is 8.95. The fourth-order valence-corrected chi connectivity index (χ4v) is 3.74. The van der Waals surface area contributed by atoms with Gasteiger partial charge >= 0.3 is 0 Å². The number of H-pyrrole nitrogens is 1. The Labute approximate surface area is 169 Å². The largest absolute Gasteiger partial charge is 0.322 e. The number of aromatic nitrogens is 7. The molecule has 11 heteroatoms. The first-order valence-corrected chi connectivity index (χ1v) is 10.8. The number of pyridine rings is 2. The van der Waals surface area contributed by atoms with Crippen LogP contribution in [0, 0.1) is 0 Å². The van der Waals surface area contributed by atoms with E-state index < -0.39 is 10.0 Å². The Hall–Kier alpha value is -3.86. The van der Waals surface area contributed by atoms with Gasteiger partial charge in [-0.05, 0) is 41.3 Å². The minimum atomic E-state index is -3.47. The molecule has 0 radical (unpaired) electrons. The van der Waals surface area contributed by atoms with Crippen molar-refractivity contribution in [1.29, 1.82) is 0 Å². The van der Waals surface area contributed by atoms with Gasteiger partial charge in [-0.15, -0.1) is 5.10 Å². The van der Waals surface area contributed by atoms with E-state index in [0.29, 0.717) is 29.0 Å². The van der Waals surface area contributed by atoms with Crippen LogP contribution in [0.15, 0.2) is 59.7 Å². The first-order chi connectivity index (χ1) is 14.4. The van der Waals surface area contributed by atoms with Crippen molar-refractivity contribution in [2.75, 3.05) is 6.26 Å². The molecule has 0 spiro atoms. The molecule has 0 atom stereocenters. The van der Waals surface area contributed by atoms with Crippen molar-refractivity contribution in [1.82, 2.24) is 34.1 Å². The summed E-state index contributed by atoms with van der Waals surface area (Å²) in [6.45, 7) is 0.435. The monoisotopic (exact) mass is 421 g/mol. The lowest BCUT2D eigenvalue weighted by atomic mass is 10.1. The van der Waals surface area contributed by atoms with Crippen LogP contribution in [0.1, 0.15) is 5.56 Å². The van der Waals surface area contributed by atoms with Gasteiger partial charge in [0.2, 0.25) is 5.56 Å². The molecule has 4 heterocycles. The maximum Gasteiger partial charge on any atom is 0.250 e. The molecule has 5 rings (SSSR count). The van der Waals surface area contributed by atoms with Crippen LogP contribution in [-0.4, -0.2) is 48.8 Å². The van der Waals surface area contributed by atoms with Crippen LogP contribution in [0.3, 0.4) is 0 Å². The molecule has 1 aromatic carbocycles. The Morgan fingerprint density at radius 2 is 1.97 bits per heavy atom. The normalized spacial score (nSPS) is 12.0. The summed E-state index contributed by atoms with van der Waals surface area (Å²) in [4.78, 5) is 18.9. The number of benzene rings is 1. The Morgan fingerprint density at radius 1 is 1.10 bits per heavy atom. The third-order valence-corrected chi connectivity index (χ3v) is 5.55. The predicted molar refractivity (Wildman–Crippen MR) is 110 cm³/mol. The summed E-state index contributed by atoms with van der Waals surface area (Å²) in [5, 5.41) is 13.1. The topological polar surface area (TPSA) is 128 Å². The summed E-state index contributed by atoms with van der Waals surface area (Å²) in [6, 6.07) is 12.5. The second-order valence-corrected chi connectivity index (χ2v) is 8.74. The third kappa shape index (κ3) is 3.24. The van der Waals surface area contributed by atoms with Crippen molar-refractivity contribution >= 4 is 32.1 Å². The zero-order valence-electron chi connectivity index (χ0n) is 15.7. The van der Waals surface area contributed by atoms with Gasteiger partial charge in [0.15, 0.2) is 5.65 Å². The van der Waals surface area contributed by atoms with E-state index in [1.54, 1.807) is 22.9 Å². The summed E-state index contributed by atoms with van der Waals surface area (Å²) in [7, 11) is -3.47. The molecule has 0 saturated heterocycles. The SMILES string of the molecule is CS(=O)(=O)n1cc(-c2ccc3nnn(Cc4ccc5[nH]c(=O)ccc5c4)c3n2)cn1. The molecular weight excluding hydrogens is 406 g/mol. The second kappa shape index (κ2) is 6.59. The van der Waals surface area contributed by atoms with E-state index in [-0.39, 0.29) is 5.56 Å². The molecule has 4 aromatic heterocycles. The summed E-state index contributed by atoms with van der Waals surface area (Å²) in [5.41, 5.74) is 3.92. The zero-order valence-corrected chi connectivity index (χ0v) is 16.5. The van der Waals surface area contributed by atoms with Crippen LogP contribution >= 0.6 is 0 Å². The average Bonchev–Trinajstić information content (AvgIpc) is 3.35. The molecule has 0 unspecified atom stereocenters. The highest BCUT2D eigenvalue weighted by atomic mass is 32.2. The minimum absolute atomic E-state index is 0.145. The van der Waals surface area contributed by atoms with Crippen LogP contribution < -0.4 is 5.56 Å². The molecule has 10 nitrogen and oxygen atoms in total. The maximum atomic E-state index is 11.7. The lowest BCUT2D eigenvalue weighted by Gasteiger charge is -2.05. The second-order valence-electron chi connectivity index (χ2n) is 6.90. The van der Waals surface area contributed by atoms with Gasteiger partial charge in [-0.3, -0.25) is 4.79 Å². The van der Waals surface area contributed by atoms with Gasteiger partial charge in [0.05, 0.1) is 30.9 Å². The van der Waals surface area contributed by atoms with Crippen molar-refractivity contribution in [3.05, 3.63) is 70.8 Å². The van der Waals surface area contributed by atoms with Crippen LogP contribution in [0.2, 0.25) is 0 Å². The quantitative estimate of drug-likeness (QED) is 0.464. The van der Waals surface area contributed by atoms with E-state index in [0.717, 1.165) is 26.8 Å². The number of hydrogen-bond donors (Lipinski definition) is 1. The molecule has 1 N–H and O–H groups in total. The van der Waals surface area contributed by atoms with Gasteiger partial charge in [0, 0.05) is 17.1 Å². The molecule has 0 aliphatic rings. The van der Waals surface area contributed by atoms with Crippen molar-refractivity contribution in [3.63, 3.8) is 0 Å². The van der Waals surface area contributed by atoms with Gasteiger partial charge in [-0.1, -0.05) is 11.3 Å². The van der Waals surface area contributed by atoms with Crippen LogP contribution in [0.4, 0.5) is 0 Å². The lowest BCUT2D eigenvalue weighted by Crippen LogP contribution is -2.09. The van der Waals surface area contributed by atoms with E-state index in [1.165, 1.54) is 18.5 Å². The van der Waals surface area contributed by atoms with Gasteiger partial charge in [-0.2, -0.15) is 9.19 Å². The van der Waals surface area contributed by atoms with E-state index >= 15 is 0 Å². The fourth-order valence-electron chi connectivity index (χ4n) is 3.21. The summed E-state index contributed by atoms with van der Waals surface area (Å²) >= 11 is 0. The van der Waals surface area contributed by atoms with Gasteiger partial charge in [0.1, 0.15) is 5.52 Å². The number of nitrogens with zero attached hydrogens (tertiary/aromatic N) is 6. The fraction of sp³-hybridized carbons (Fsp3) is 0.105. The Morgan fingerprint density at radius 3 is 2.77 bits per heavy atom. The van der Waals surface area contributed by atoms with E-state index in [1.807, 2.05) is 18.2 Å². The molecule has 30 heavy (non-hydrogen) atoms. The number of nitrogens with one attached hydrogen (secondary N) is 1. The molecule has 150 valence electrons. The Bertz CT molecular complexity index is 1580. The van der Waals surface area contributed by atoms with E-state index in [9.17, 15) is 13.2 Å². The Kier molecular flexibility index (Phi) is 4.00. The molecule has 0 bridgehead atoms. The molecule has 5 aromatic rings. The van der Waals surface area contributed by atoms with Crippen LogP contribution in [0.25, 0.3) is 33.3 Å². The summed E-state index contributed by atoms with van der Waals surface area (Å²) in [5.74, 6) is 0. The van der Waals surface area contributed by atoms with Crippen molar-refractivity contribution < 1.29 is 8.42 Å². The highest BCUT2D eigenvalue weighted by Gasteiger charge is 2.13. The van der Waals surface area contributed by atoms with Crippen LogP contribution in [-0.2, 0) is 16.6 Å². The number of fused-ring (bicyclic) bond motifs is 2. The summed E-state index contributed by atoms with van der Waals surface area (Å²) < 4.78 is 25.9. The van der Waals surface area contributed by atoms with Crippen molar-refractivity contribution in [3.8, 4) is 11.3 Å². The molecule has 0 amide bonds. The summed E-state index contributed by atoms with van der Waals surface area (Å²) in [6.07, 6.45) is 3.95. The van der Waals surface area contributed by atoms with Gasteiger partial charge < -0.3 is 4.98 Å². The number of hydrogen-bond acceptors (Lipinski definition) is 7.